The Hall–Kier alpha value is -17.4. The Kier molecular flexibility index (Phi) is 17.7. The number of rotatable bonds is 9. The predicted octanol–water partition coefficient (Wildman–Crippen LogP) is 31.1. The summed E-state index contributed by atoms with van der Waals surface area (Å²) in [6, 6.07) is 151. The molecule has 0 fully saturated rings. The van der Waals surface area contributed by atoms with Crippen molar-refractivity contribution in [3.05, 3.63) is 456 Å². The Balaban J connectivity index is 0.000000105. The number of benzene rings is 21. The molecule has 0 saturated heterocycles. The number of hydrogen-bond donors (Lipinski definition) is 0. The molecule has 0 N–H and O–H groups in total. The van der Waals surface area contributed by atoms with Gasteiger partial charge in [0.15, 0.2) is 0 Å². The highest BCUT2D eigenvalue weighted by Gasteiger charge is 2.21. The molecular weight excluding hydrogens is 1570 g/mol. The molecule has 0 amide bonds. The fourth-order valence-corrected chi connectivity index (χ4v) is 20.1. The highest BCUT2D eigenvalue weighted by molar-refractivity contribution is 6.26. The lowest BCUT2D eigenvalue weighted by Gasteiger charge is -2.15. The molecule has 0 spiro atoms. The van der Waals surface area contributed by atoms with E-state index in [2.05, 4.69) is 447 Å². The molecule has 27 aromatic rings. The largest absolute Gasteiger partial charge is 0.309 e. The van der Waals surface area contributed by atoms with Gasteiger partial charge in [-0.3, -0.25) is 29.9 Å². The van der Waals surface area contributed by atoms with Crippen molar-refractivity contribution in [2.45, 2.75) is 0 Å². The summed E-state index contributed by atoms with van der Waals surface area (Å²) in [5.74, 6) is 0. The molecule has 27 rings (SSSR count). The van der Waals surface area contributed by atoms with E-state index in [1.54, 1.807) is 37.2 Å². The SMILES string of the molecule is c1cc(-c2ccc(-c3ccc4c(c3)c3ccccc3c3nccnc43)cc2)cc(-n2c3ccccc3c3ccccc32)c1.c1ccc(-n2c3ccccc3c3ccccc32)c(-c2ccc(-c3ccc4c(c3)c3ccccc3c3nccnc43)cc2)c1.c1ccc2c(c1)c1cc(-c3ccc(-c4ccc(-n5c6ccccc6c6ccccc65)cc4)cc3)ccc1c1nccnc21. The van der Waals surface area contributed by atoms with E-state index in [9.17, 15) is 0 Å². The van der Waals surface area contributed by atoms with Gasteiger partial charge in [0.1, 0.15) is 0 Å². The molecule has 0 unspecified atom stereocenters. The number of hydrogen-bond acceptors (Lipinski definition) is 6. The van der Waals surface area contributed by atoms with Gasteiger partial charge in [-0.15, -0.1) is 0 Å². The summed E-state index contributed by atoms with van der Waals surface area (Å²) < 4.78 is 7.13. The second kappa shape index (κ2) is 30.8. The third kappa shape index (κ3) is 12.5. The maximum Gasteiger partial charge on any atom is 0.0971 e. The minimum Gasteiger partial charge on any atom is -0.309 e. The van der Waals surface area contributed by atoms with Gasteiger partial charge in [0, 0.05) is 119 Å². The summed E-state index contributed by atoms with van der Waals surface area (Å²) in [6.45, 7) is 0. The molecule has 6 heterocycles. The minimum atomic E-state index is 0.944. The van der Waals surface area contributed by atoms with Gasteiger partial charge >= 0.3 is 0 Å². The Bertz CT molecular complexity index is 8920. The fraction of sp³-hybridized carbons (Fsp3) is 0. The van der Waals surface area contributed by atoms with Crippen LogP contribution in [0, 0.1) is 0 Å². The van der Waals surface area contributed by atoms with Crippen LogP contribution in [-0.4, -0.2) is 43.6 Å². The van der Waals surface area contributed by atoms with E-state index in [-0.39, 0.29) is 0 Å². The first kappa shape index (κ1) is 74.2. The van der Waals surface area contributed by atoms with Crippen LogP contribution in [0.4, 0.5) is 0 Å². The Morgan fingerprint density at radius 1 is 0.132 bits per heavy atom. The van der Waals surface area contributed by atoms with Crippen LogP contribution in [0.2, 0.25) is 0 Å². The number of aromatic nitrogens is 9. The summed E-state index contributed by atoms with van der Waals surface area (Å²) >= 11 is 0. The third-order valence-corrected chi connectivity index (χ3v) is 26.1. The van der Waals surface area contributed by atoms with Crippen molar-refractivity contribution in [3.8, 4) is 83.8 Å². The maximum atomic E-state index is 4.71. The van der Waals surface area contributed by atoms with Gasteiger partial charge in [-0.25, -0.2) is 0 Å². The zero-order valence-corrected chi connectivity index (χ0v) is 69.8. The molecule has 600 valence electrons. The monoisotopic (exact) mass is 1640 g/mol. The molecule has 0 aliphatic rings. The van der Waals surface area contributed by atoms with Crippen molar-refractivity contribution in [3.63, 3.8) is 0 Å². The van der Waals surface area contributed by atoms with Crippen LogP contribution in [0.5, 0.6) is 0 Å². The molecule has 9 heteroatoms. The van der Waals surface area contributed by atoms with Crippen LogP contribution in [0.3, 0.4) is 0 Å². The number of fused-ring (bicyclic) bond motifs is 27. The summed E-state index contributed by atoms with van der Waals surface area (Å²) in [7, 11) is 0. The van der Waals surface area contributed by atoms with Gasteiger partial charge in [0.2, 0.25) is 0 Å². The van der Waals surface area contributed by atoms with Crippen molar-refractivity contribution < 1.29 is 0 Å². The van der Waals surface area contributed by atoms with Gasteiger partial charge in [-0.1, -0.05) is 334 Å². The summed E-state index contributed by atoms with van der Waals surface area (Å²) in [5, 5.41) is 21.6. The van der Waals surface area contributed by atoms with Crippen molar-refractivity contribution in [2.24, 2.45) is 0 Å². The Morgan fingerprint density at radius 3 is 0.698 bits per heavy atom. The molecule has 0 aliphatic carbocycles. The molecule has 9 nitrogen and oxygen atoms in total. The van der Waals surface area contributed by atoms with E-state index in [0.29, 0.717) is 0 Å². The van der Waals surface area contributed by atoms with E-state index in [1.165, 1.54) is 176 Å². The van der Waals surface area contributed by atoms with Crippen LogP contribution in [0.1, 0.15) is 0 Å². The molecule has 0 radical (unpaired) electrons. The quantitative estimate of drug-likeness (QED) is 0.134. The second-order valence-corrected chi connectivity index (χ2v) is 33.1. The lowest BCUT2D eigenvalue weighted by atomic mass is 9.94. The predicted molar refractivity (Wildman–Crippen MR) is 539 cm³/mol. The van der Waals surface area contributed by atoms with E-state index in [1.807, 2.05) is 0 Å². The number of nitrogens with zero attached hydrogens (tertiary/aromatic N) is 9. The summed E-state index contributed by atoms with van der Waals surface area (Å²) in [4.78, 5) is 28.1. The smallest absolute Gasteiger partial charge is 0.0971 e. The van der Waals surface area contributed by atoms with E-state index >= 15 is 0 Å². The minimum absolute atomic E-state index is 0.944. The maximum absolute atomic E-state index is 4.71. The van der Waals surface area contributed by atoms with Crippen LogP contribution < -0.4 is 0 Å². The van der Waals surface area contributed by atoms with Crippen molar-refractivity contribution in [1.82, 2.24) is 43.6 Å². The Morgan fingerprint density at radius 2 is 0.364 bits per heavy atom. The van der Waals surface area contributed by atoms with Crippen molar-refractivity contribution in [2.75, 3.05) is 0 Å². The zero-order valence-electron chi connectivity index (χ0n) is 69.8. The topological polar surface area (TPSA) is 92.1 Å². The number of para-hydroxylation sites is 7. The van der Waals surface area contributed by atoms with Crippen LogP contribution in [0.15, 0.2) is 456 Å². The normalized spacial score (nSPS) is 11.7. The molecule has 0 saturated carbocycles. The lowest BCUT2D eigenvalue weighted by Crippen LogP contribution is -1.97. The highest BCUT2D eigenvalue weighted by atomic mass is 15.0. The van der Waals surface area contributed by atoms with Gasteiger partial charge < -0.3 is 13.7 Å². The zero-order chi connectivity index (χ0) is 85.0. The molecule has 129 heavy (non-hydrogen) atoms. The van der Waals surface area contributed by atoms with Gasteiger partial charge in [0.25, 0.3) is 0 Å². The molecule has 21 aromatic carbocycles. The molecule has 0 aliphatic heterocycles. The molecular formula is C120H75N9. The molecule has 6 aromatic heterocycles. The first-order chi connectivity index (χ1) is 64.0. The van der Waals surface area contributed by atoms with E-state index < -0.39 is 0 Å². The first-order valence-corrected chi connectivity index (χ1v) is 43.7. The van der Waals surface area contributed by atoms with E-state index in [0.717, 1.165) is 71.1 Å². The average Bonchev–Trinajstić information content (AvgIpc) is 0.910. The molecule has 0 bridgehead atoms. The average molecular weight is 1640 g/mol. The van der Waals surface area contributed by atoms with Gasteiger partial charge in [-0.2, -0.15) is 0 Å². The van der Waals surface area contributed by atoms with Crippen LogP contribution in [0.25, 0.3) is 247 Å². The van der Waals surface area contributed by atoms with E-state index in [4.69, 9.17) is 15.0 Å². The fourth-order valence-electron chi connectivity index (χ4n) is 20.1. The summed E-state index contributed by atoms with van der Waals surface area (Å²) in [5.41, 5.74) is 30.8. The Labute approximate surface area is 741 Å². The van der Waals surface area contributed by atoms with Crippen molar-refractivity contribution >= 4 is 163 Å². The standard InChI is InChI=1S/3C40H25N3/c1-2-13-33-30(10-1)35-25-28(21-22-34(35)40-39(33)41-23-24-42-40)26-17-19-27(20-18-26)29-9-3-6-14-36(29)43-37-15-7-4-11-31(37)32-12-5-8-16-38(32)43;1-2-13-34-31(10-1)36-25-29(20-21-35(36)40-39(34)41-22-23-42-40)27-18-16-26(17-19-27)28-8-7-9-30(24-28)43-37-14-5-3-11-32(37)33-12-4-6-15-38(33)43;1-2-10-34-31(7-1)36-25-29(19-22-35(36)40-39(34)41-23-24-42-40)28-15-13-26(14-16-28)27-17-20-30(21-18-27)43-37-11-5-3-8-32(37)33-9-4-6-12-38(33)43/h3*1-25H. The second-order valence-electron chi connectivity index (χ2n) is 33.1. The van der Waals surface area contributed by atoms with Crippen LogP contribution >= 0.6 is 0 Å². The van der Waals surface area contributed by atoms with Gasteiger partial charge in [-0.05, 0) is 178 Å². The molecule has 0 atom stereocenters. The van der Waals surface area contributed by atoms with Crippen molar-refractivity contribution in [1.29, 1.82) is 0 Å². The van der Waals surface area contributed by atoms with Crippen LogP contribution in [-0.2, 0) is 0 Å². The van der Waals surface area contributed by atoms with Gasteiger partial charge in [0.05, 0.1) is 71.9 Å². The highest BCUT2D eigenvalue weighted by Crippen LogP contribution is 2.44. The lowest BCUT2D eigenvalue weighted by molar-refractivity contribution is 1.18. The summed E-state index contributed by atoms with van der Waals surface area (Å²) in [6.07, 6.45) is 10.7. The third-order valence-electron chi connectivity index (χ3n) is 26.1. The first-order valence-electron chi connectivity index (χ1n) is 43.7.